The summed E-state index contributed by atoms with van der Waals surface area (Å²) in [6.45, 7) is 0.555. The Morgan fingerprint density at radius 1 is 0.862 bits per heavy atom. The largest absolute Gasteiger partial charge is 0.267 e. The number of primary sulfonamides is 1. The van der Waals surface area contributed by atoms with Crippen molar-refractivity contribution >= 4 is 21.6 Å². The third-order valence-electron chi connectivity index (χ3n) is 4.55. The van der Waals surface area contributed by atoms with Gasteiger partial charge >= 0.3 is 0 Å². The van der Waals surface area contributed by atoms with Crippen LogP contribution in [0.3, 0.4) is 0 Å². The maximum absolute atomic E-state index is 12.1. The van der Waals surface area contributed by atoms with Crippen LogP contribution >= 0.6 is 11.6 Å². The molecular formula is C22H18ClN3O2S. The lowest BCUT2D eigenvalue weighted by atomic mass is 10.0. The smallest absolute Gasteiger partial charge is 0.238 e. The van der Waals surface area contributed by atoms with E-state index < -0.39 is 10.0 Å². The summed E-state index contributed by atoms with van der Waals surface area (Å²) in [6.07, 6.45) is 1.91. The third-order valence-corrected chi connectivity index (χ3v) is 5.77. The van der Waals surface area contributed by atoms with Gasteiger partial charge in [0, 0.05) is 22.3 Å². The average Bonchev–Trinajstić information content (AvgIpc) is 3.12. The fourth-order valence-electron chi connectivity index (χ4n) is 3.22. The van der Waals surface area contributed by atoms with Crippen molar-refractivity contribution in [1.29, 1.82) is 0 Å². The van der Waals surface area contributed by atoms with Crippen molar-refractivity contribution < 1.29 is 8.42 Å². The minimum absolute atomic E-state index is 0.0418. The summed E-state index contributed by atoms with van der Waals surface area (Å²) in [4.78, 5) is 0.0418. The van der Waals surface area contributed by atoms with E-state index in [0.29, 0.717) is 22.8 Å². The standard InChI is InChI=1S/C22H18ClN3O2S/c23-18-12-10-17(11-13-18)20-15-26(14-16-6-2-1-3-7-16)25-22(20)19-8-4-5-9-21(19)29(24,27)28/h1-13,15H,14H2,(H2,24,27,28). The van der Waals surface area contributed by atoms with E-state index in [0.717, 1.165) is 16.7 Å². The van der Waals surface area contributed by atoms with Gasteiger partial charge in [-0.25, -0.2) is 13.6 Å². The molecule has 0 spiro atoms. The molecule has 3 aromatic carbocycles. The summed E-state index contributed by atoms with van der Waals surface area (Å²) in [5, 5.41) is 10.8. The van der Waals surface area contributed by atoms with Gasteiger partial charge in [0.25, 0.3) is 0 Å². The molecule has 0 aliphatic heterocycles. The molecule has 4 aromatic rings. The quantitative estimate of drug-likeness (QED) is 0.510. The number of halogens is 1. The number of nitrogens with zero attached hydrogens (tertiary/aromatic N) is 2. The van der Waals surface area contributed by atoms with Gasteiger partial charge in [-0.15, -0.1) is 0 Å². The van der Waals surface area contributed by atoms with Gasteiger partial charge < -0.3 is 0 Å². The van der Waals surface area contributed by atoms with Crippen LogP contribution in [0.2, 0.25) is 5.02 Å². The van der Waals surface area contributed by atoms with Crippen LogP contribution in [-0.2, 0) is 16.6 Å². The van der Waals surface area contributed by atoms with Gasteiger partial charge in [-0.05, 0) is 29.3 Å². The molecule has 5 nitrogen and oxygen atoms in total. The van der Waals surface area contributed by atoms with E-state index in [4.69, 9.17) is 21.8 Å². The van der Waals surface area contributed by atoms with Crippen molar-refractivity contribution in [2.24, 2.45) is 5.14 Å². The zero-order valence-corrected chi connectivity index (χ0v) is 16.9. The second-order valence-electron chi connectivity index (χ2n) is 6.62. The molecule has 0 aliphatic carbocycles. The summed E-state index contributed by atoms with van der Waals surface area (Å²) in [7, 11) is -3.91. The highest BCUT2D eigenvalue weighted by Crippen LogP contribution is 2.35. The van der Waals surface area contributed by atoms with Gasteiger partial charge in [0.2, 0.25) is 10.0 Å². The van der Waals surface area contributed by atoms with Crippen LogP contribution < -0.4 is 5.14 Å². The van der Waals surface area contributed by atoms with Gasteiger partial charge in [-0.1, -0.05) is 72.3 Å². The van der Waals surface area contributed by atoms with Crippen molar-refractivity contribution in [1.82, 2.24) is 9.78 Å². The summed E-state index contributed by atoms with van der Waals surface area (Å²) in [5.74, 6) is 0. The molecule has 29 heavy (non-hydrogen) atoms. The molecule has 146 valence electrons. The fourth-order valence-corrected chi connectivity index (χ4v) is 4.09. The topological polar surface area (TPSA) is 78.0 Å². The minimum atomic E-state index is -3.91. The maximum Gasteiger partial charge on any atom is 0.238 e. The van der Waals surface area contributed by atoms with Crippen LogP contribution in [0.25, 0.3) is 22.4 Å². The number of sulfonamides is 1. The van der Waals surface area contributed by atoms with Crippen molar-refractivity contribution in [2.45, 2.75) is 11.4 Å². The monoisotopic (exact) mass is 423 g/mol. The lowest BCUT2D eigenvalue weighted by Gasteiger charge is -2.08. The van der Waals surface area contributed by atoms with Crippen LogP contribution in [0.1, 0.15) is 5.56 Å². The molecule has 0 unspecified atom stereocenters. The lowest BCUT2D eigenvalue weighted by molar-refractivity contribution is 0.598. The molecule has 7 heteroatoms. The highest BCUT2D eigenvalue weighted by atomic mass is 35.5. The number of hydrogen-bond donors (Lipinski definition) is 1. The molecule has 0 aliphatic rings. The summed E-state index contributed by atoms with van der Waals surface area (Å²) in [6, 6.07) is 23.9. The second-order valence-corrected chi connectivity index (χ2v) is 8.59. The highest BCUT2D eigenvalue weighted by Gasteiger charge is 2.21. The van der Waals surface area contributed by atoms with Crippen molar-refractivity contribution in [2.75, 3.05) is 0 Å². The number of nitrogens with two attached hydrogens (primary N) is 1. The molecule has 1 aromatic heterocycles. The van der Waals surface area contributed by atoms with E-state index in [-0.39, 0.29) is 4.90 Å². The van der Waals surface area contributed by atoms with E-state index in [1.54, 1.807) is 35.0 Å². The Bertz CT molecular complexity index is 1250. The first kappa shape index (κ1) is 19.4. The number of rotatable bonds is 5. The van der Waals surface area contributed by atoms with Gasteiger partial charge in [0.05, 0.1) is 11.4 Å². The lowest BCUT2D eigenvalue weighted by Crippen LogP contribution is -2.13. The first-order chi connectivity index (χ1) is 13.9. The fraction of sp³-hybridized carbons (Fsp3) is 0.0455. The molecule has 4 rings (SSSR count). The van der Waals surface area contributed by atoms with Gasteiger partial charge in [0.1, 0.15) is 5.69 Å². The molecule has 0 atom stereocenters. The zero-order valence-electron chi connectivity index (χ0n) is 15.4. The van der Waals surface area contributed by atoms with E-state index in [2.05, 4.69) is 0 Å². The summed E-state index contributed by atoms with van der Waals surface area (Å²) < 4.78 is 26.1. The van der Waals surface area contributed by atoms with Gasteiger partial charge in [0.15, 0.2) is 0 Å². The Morgan fingerprint density at radius 3 is 2.21 bits per heavy atom. The minimum Gasteiger partial charge on any atom is -0.267 e. The van der Waals surface area contributed by atoms with Crippen LogP contribution in [0.15, 0.2) is 90.0 Å². The van der Waals surface area contributed by atoms with Crippen LogP contribution in [0.4, 0.5) is 0 Å². The highest BCUT2D eigenvalue weighted by molar-refractivity contribution is 7.89. The SMILES string of the molecule is NS(=O)(=O)c1ccccc1-c1nn(Cc2ccccc2)cc1-c1ccc(Cl)cc1. The van der Waals surface area contributed by atoms with Gasteiger partial charge in [-0.2, -0.15) is 5.10 Å². The number of hydrogen-bond acceptors (Lipinski definition) is 3. The first-order valence-electron chi connectivity index (χ1n) is 8.91. The molecule has 2 N–H and O–H groups in total. The Hall–Kier alpha value is -2.93. The van der Waals surface area contributed by atoms with E-state index >= 15 is 0 Å². The number of aromatic nitrogens is 2. The first-order valence-corrected chi connectivity index (χ1v) is 10.8. The van der Waals surface area contributed by atoms with Crippen molar-refractivity contribution in [3.63, 3.8) is 0 Å². The molecule has 0 fully saturated rings. The van der Waals surface area contributed by atoms with E-state index in [1.807, 2.05) is 48.7 Å². The van der Waals surface area contributed by atoms with Gasteiger partial charge in [-0.3, -0.25) is 4.68 Å². The van der Waals surface area contributed by atoms with Crippen LogP contribution in [0, 0.1) is 0 Å². The predicted molar refractivity (Wildman–Crippen MR) is 115 cm³/mol. The van der Waals surface area contributed by atoms with Crippen molar-refractivity contribution in [3.8, 4) is 22.4 Å². The van der Waals surface area contributed by atoms with Crippen LogP contribution in [-0.4, -0.2) is 18.2 Å². The third kappa shape index (κ3) is 4.24. The summed E-state index contributed by atoms with van der Waals surface area (Å²) in [5.41, 5.74) is 3.78. The Balaban J connectivity index is 1.89. The maximum atomic E-state index is 12.1. The van der Waals surface area contributed by atoms with E-state index in [9.17, 15) is 8.42 Å². The molecule has 0 saturated carbocycles. The molecule has 0 radical (unpaired) electrons. The average molecular weight is 424 g/mol. The Morgan fingerprint density at radius 2 is 1.52 bits per heavy atom. The molecular weight excluding hydrogens is 406 g/mol. The van der Waals surface area contributed by atoms with Crippen molar-refractivity contribution in [3.05, 3.63) is 95.6 Å². The van der Waals surface area contributed by atoms with Crippen LogP contribution in [0.5, 0.6) is 0 Å². The van der Waals surface area contributed by atoms with E-state index in [1.165, 1.54) is 6.07 Å². The molecule has 0 bridgehead atoms. The molecule has 0 amide bonds. The molecule has 1 heterocycles. The number of benzene rings is 3. The Labute approximate surface area is 174 Å². The summed E-state index contributed by atoms with van der Waals surface area (Å²) >= 11 is 6.04. The Kier molecular flexibility index (Phi) is 5.24. The molecule has 0 saturated heterocycles. The normalized spacial score (nSPS) is 11.5. The zero-order chi connectivity index (χ0) is 20.4. The second kappa shape index (κ2) is 7.83. The predicted octanol–water partition coefficient (Wildman–Crippen LogP) is 4.57.